The summed E-state index contributed by atoms with van der Waals surface area (Å²) in [6.45, 7) is 6.15. The summed E-state index contributed by atoms with van der Waals surface area (Å²) < 4.78 is 2.01. The van der Waals surface area contributed by atoms with Crippen LogP contribution in [0.5, 0.6) is 0 Å². The van der Waals surface area contributed by atoms with E-state index in [9.17, 15) is 4.79 Å². The van der Waals surface area contributed by atoms with E-state index < -0.39 is 0 Å². The number of hydrogen-bond donors (Lipinski definition) is 1. The number of aromatic nitrogens is 2. The van der Waals surface area contributed by atoms with Gasteiger partial charge in [-0.15, -0.1) is 0 Å². The van der Waals surface area contributed by atoms with E-state index in [0.29, 0.717) is 0 Å². The molecule has 1 N–H and O–H groups in total. The first-order valence-corrected chi connectivity index (χ1v) is 9.44. The summed E-state index contributed by atoms with van der Waals surface area (Å²) in [6, 6.07) is 8.44. The molecule has 2 aliphatic heterocycles. The topological polar surface area (TPSA) is 53.4 Å². The lowest BCUT2D eigenvalue weighted by Gasteiger charge is -2.40. The molecule has 1 fully saturated rings. The Kier molecular flexibility index (Phi) is 4.78. The van der Waals surface area contributed by atoms with Crippen LogP contribution in [0.1, 0.15) is 29.9 Å². The van der Waals surface area contributed by atoms with E-state index in [-0.39, 0.29) is 18.0 Å². The number of nitrogens with one attached hydrogen (secondary N) is 1. The Hall–Kier alpha value is -2.18. The molecule has 26 heavy (non-hydrogen) atoms. The van der Waals surface area contributed by atoms with Crippen molar-refractivity contribution >= 4 is 5.91 Å². The number of rotatable bonds is 3. The van der Waals surface area contributed by atoms with Gasteiger partial charge in [0.2, 0.25) is 5.91 Å². The van der Waals surface area contributed by atoms with E-state index in [1.807, 2.05) is 29.6 Å². The van der Waals surface area contributed by atoms with Gasteiger partial charge in [-0.05, 0) is 24.5 Å². The number of imidazole rings is 1. The number of fused-ring (bicyclic) bond motifs is 1. The Balaban J connectivity index is 1.51. The minimum atomic E-state index is -0.121. The second kappa shape index (κ2) is 7.21. The molecule has 0 bridgehead atoms. The molecule has 2 atom stereocenters. The minimum Gasteiger partial charge on any atom is -0.336 e. The Bertz CT molecular complexity index is 786. The minimum absolute atomic E-state index is 0.00391. The molecule has 6 heteroatoms. The Morgan fingerprint density at radius 1 is 1.27 bits per heavy atom. The number of carbonyl (C=O) groups is 1. The van der Waals surface area contributed by atoms with Crippen LogP contribution in [0, 0.1) is 0 Å². The average Bonchev–Trinajstić information content (AvgIpc) is 3.12. The monoisotopic (exact) mass is 353 g/mol. The summed E-state index contributed by atoms with van der Waals surface area (Å²) in [4.78, 5) is 22.2. The van der Waals surface area contributed by atoms with Gasteiger partial charge in [0.25, 0.3) is 0 Å². The molecule has 0 spiro atoms. The third-order valence-corrected chi connectivity index (χ3v) is 5.75. The van der Waals surface area contributed by atoms with Crippen LogP contribution in [0.3, 0.4) is 0 Å². The number of benzene rings is 1. The van der Waals surface area contributed by atoms with Crippen LogP contribution in [0.2, 0.25) is 0 Å². The number of carbonyl (C=O) groups excluding carboxylic acids is 1. The molecule has 6 nitrogen and oxygen atoms in total. The summed E-state index contributed by atoms with van der Waals surface area (Å²) in [5.41, 5.74) is 2.76. The molecule has 3 heterocycles. The molecule has 4 rings (SSSR count). The smallest absolute Gasteiger partial charge is 0.240 e. The first-order chi connectivity index (χ1) is 12.6. The van der Waals surface area contributed by atoms with Crippen LogP contribution in [0.4, 0.5) is 0 Å². The fourth-order valence-corrected chi connectivity index (χ4v) is 4.14. The van der Waals surface area contributed by atoms with Crippen LogP contribution < -0.4 is 5.32 Å². The maximum atomic E-state index is 13.3. The second-order valence-corrected chi connectivity index (χ2v) is 7.31. The Morgan fingerprint density at radius 2 is 2.08 bits per heavy atom. The molecule has 1 aromatic carbocycles. The number of amides is 1. The van der Waals surface area contributed by atoms with Crippen molar-refractivity contribution in [3.05, 3.63) is 53.6 Å². The van der Waals surface area contributed by atoms with Crippen molar-refractivity contribution in [3.63, 3.8) is 0 Å². The lowest BCUT2D eigenvalue weighted by Crippen LogP contribution is -2.55. The first-order valence-electron chi connectivity index (χ1n) is 9.44. The Morgan fingerprint density at radius 3 is 2.85 bits per heavy atom. The summed E-state index contributed by atoms with van der Waals surface area (Å²) in [5.74, 6) is 1.15. The van der Waals surface area contributed by atoms with E-state index >= 15 is 0 Å². The first kappa shape index (κ1) is 17.2. The summed E-state index contributed by atoms with van der Waals surface area (Å²) in [6.07, 6.45) is 4.76. The highest BCUT2D eigenvalue weighted by Crippen LogP contribution is 2.25. The van der Waals surface area contributed by atoms with Gasteiger partial charge in [0.1, 0.15) is 11.9 Å². The van der Waals surface area contributed by atoms with E-state index in [1.54, 1.807) is 6.20 Å². The Labute approximate surface area is 154 Å². The molecule has 138 valence electrons. The van der Waals surface area contributed by atoms with Gasteiger partial charge in [-0.3, -0.25) is 9.69 Å². The predicted molar refractivity (Wildman–Crippen MR) is 101 cm³/mol. The standard InChI is InChI=1S/C20H27N5O/c1-15(24-10-7-16-5-3-4-6-17(16)14-24)20(26)25-12-8-21-13-18(25)19-22-9-11-23(19)2/h3-6,9,11,15,18,21H,7-8,10,12-14H2,1-2H3. The normalized spacial score (nSPS) is 22.1. The molecule has 2 aliphatic rings. The maximum Gasteiger partial charge on any atom is 0.240 e. The van der Waals surface area contributed by atoms with Gasteiger partial charge < -0.3 is 14.8 Å². The maximum absolute atomic E-state index is 13.3. The molecular weight excluding hydrogens is 326 g/mol. The average molecular weight is 353 g/mol. The van der Waals surface area contributed by atoms with Crippen molar-refractivity contribution in [2.45, 2.75) is 32.0 Å². The van der Waals surface area contributed by atoms with E-state index in [1.165, 1.54) is 11.1 Å². The van der Waals surface area contributed by atoms with Crippen LogP contribution in [-0.2, 0) is 24.8 Å². The number of aryl methyl sites for hydroxylation is 1. The van der Waals surface area contributed by atoms with Crippen LogP contribution in [-0.4, -0.2) is 57.5 Å². The van der Waals surface area contributed by atoms with Gasteiger partial charge in [-0.2, -0.15) is 0 Å². The number of piperazine rings is 1. The zero-order chi connectivity index (χ0) is 18.1. The van der Waals surface area contributed by atoms with Gasteiger partial charge in [-0.25, -0.2) is 4.98 Å². The van der Waals surface area contributed by atoms with Crippen molar-refractivity contribution in [1.82, 2.24) is 24.7 Å². The molecule has 2 unspecified atom stereocenters. The number of hydrogen-bond acceptors (Lipinski definition) is 4. The summed E-state index contributed by atoms with van der Waals surface area (Å²) >= 11 is 0. The lowest BCUT2D eigenvalue weighted by atomic mass is 9.98. The van der Waals surface area contributed by atoms with Crippen LogP contribution in [0.15, 0.2) is 36.7 Å². The van der Waals surface area contributed by atoms with E-state index in [4.69, 9.17) is 0 Å². The molecule has 1 saturated heterocycles. The van der Waals surface area contributed by atoms with Gasteiger partial charge in [0.05, 0.1) is 6.04 Å². The van der Waals surface area contributed by atoms with Crippen molar-refractivity contribution in [1.29, 1.82) is 0 Å². The predicted octanol–water partition coefficient (Wildman–Crippen LogP) is 1.34. The quantitative estimate of drug-likeness (QED) is 0.905. The molecule has 2 aromatic rings. The molecular formula is C20H27N5O. The van der Waals surface area contributed by atoms with E-state index in [0.717, 1.165) is 45.0 Å². The van der Waals surface area contributed by atoms with Crippen molar-refractivity contribution in [2.75, 3.05) is 26.2 Å². The van der Waals surface area contributed by atoms with Gasteiger partial charge in [-0.1, -0.05) is 24.3 Å². The largest absolute Gasteiger partial charge is 0.336 e. The van der Waals surface area contributed by atoms with E-state index in [2.05, 4.69) is 39.5 Å². The fraction of sp³-hybridized carbons (Fsp3) is 0.500. The highest BCUT2D eigenvalue weighted by Gasteiger charge is 2.35. The second-order valence-electron chi connectivity index (χ2n) is 7.31. The van der Waals surface area contributed by atoms with Gasteiger partial charge in [0, 0.05) is 52.2 Å². The zero-order valence-electron chi connectivity index (χ0n) is 15.6. The zero-order valence-corrected chi connectivity index (χ0v) is 15.6. The molecule has 1 aromatic heterocycles. The highest BCUT2D eigenvalue weighted by atomic mass is 16.2. The SMILES string of the molecule is CC(C(=O)N1CCNCC1c1nccn1C)N1CCc2ccccc2C1. The van der Waals surface area contributed by atoms with Crippen molar-refractivity contribution in [3.8, 4) is 0 Å². The third-order valence-electron chi connectivity index (χ3n) is 5.75. The van der Waals surface area contributed by atoms with Crippen molar-refractivity contribution < 1.29 is 4.79 Å². The van der Waals surface area contributed by atoms with Gasteiger partial charge >= 0.3 is 0 Å². The fourth-order valence-electron chi connectivity index (χ4n) is 4.14. The summed E-state index contributed by atoms with van der Waals surface area (Å²) in [7, 11) is 1.99. The molecule has 0 saturated carbocycles. The molecule has 0 radical (unpaired) electrons. The van der Waals surface area contributed by atoms with Crippen LogP contribution in [0.25, 0.3) is 0 Å². The summed E-state index contributed by atoms with van der Waals surface area (Å²) in [5, 5.41) is 3.41. The number of nitrogens with zero attached hydrogens (tertiary/aromatic N) is 4. The third kappa shape index (κ3) is 3.15. The van der Waals surface area contributed by atoms with Crippen LogP contribution >= 0.6 is 0 Å². The van der Waals surface area contributed by atoms with Crippen molar-refractivity contribution in [2.24, 2.45) is 7.05 Å². The molecule has 1 amide bonds. The molecule has 0 aliphatic carbocycles. The lowest BCUT2D eigenvalue weighted by molar-refractivity contribution is -0.140. The highest BCUT2D eigenvalue weighted by molar-refractivity contribution is 5.82. The van der Waals surface area contributed by atoms with Gasteiger partial charge in [0.15, 0.2) is 0 Å².